The highest BCUT2D eigenvalue weighted by atomic mass is 35.5. The summed E-state index contributed by atoms with van der Waals surface area (Å²) in [6.45, 7) is 2.96. The first-order valence-electron chi connectivity index (χ1n) is 12.3. The lowest BCUT2D eigenvalue weighted by atomic mass is 10.0. The van der Waals surface area contributed by atoms with Crippen LogP contribution in [0.5, 0.6) is 0 Å². The number of anilines is 1. The van der Waals surface area contributed by atoms with Crippen molar-refractivity contribution in [2.75, 3.05) is 18.4 Å². The SMILES string of the molecule is CCc1cc(-c2ccc(CS(=O)(=O)c3ccccc3Cl)c(F)c2)nc2cnc(N[C@@H]3CNC[C@@H](F)C3)nc12. The molecule has 0 radical (unpaired) electrons. The third-order valence-electron chi connectivity index (χ3n) is 6.50. The average Bonchev–Trinajstić information content (AvgIpc) is 2.89. The van der Waals surface area contributed by atoms with Crippen LogP contribution in [0, 0.1) is 5.82 Å². The number of piperidine rings is 1. The number of pyridine rings is 1. The number of benzene rings is 2. The number of hydrogen-bond donors (Lipinski definition) is 2. The van der Waals surface area contributed by atoms with Gasteiger partial charge in [0.2, 0.25) is 5.95 Å². The lowest BCUT2D eigenvalue weighted by molar-refractivity contribution is 0.254. The predicted molar refractivity (Wildman–Crippen MR) is 144 cm³/mol. The summed E-state index contributed by atoms with van der Waals surface area (Å²) in [4.78, 5) is 13.6. The largest absolute Gasteiger partial charge is 0.350 e. The van der Waals surface area contributed by atoms with Gasteiger partial charge in [-0.3, -0.25) is 0 Å². The third kappa shape index (κ3) is 5.62. The van der Waals surface area contributed by atoms with Gasteiger partial charge in [0.1, 0.15) is 17.5 Å². The Hall–Kier alpha value is -3.21. The molecule has 198 valence electrons. The summed E-state index contributed by atoms with van der Waals surface area (Å²) in [5.74, 6) is -0.767. The zero-order valence-corrected chi connectivity index (χ0v) is 22.2. The molecule has 1 saturated heterocycles. The molecule has 0 spiro atoms. The van der Waals surface area contributed by atoms with Crippen LogP contribution in [0.25, 0.3) is 22.3 Å². The van der Waals surface area contributed by atoms with Gasteiger partial charge in [0.15, 0.2) is 9.84 Å². The molecule has 38 heavy (non-hydrogen) atoms. The maximum atomic E-state index is 15.1. The van der Waals surface area contributed by atoms with Gasteiger partial charge in [-0.25, -0.2) is 32.2 Å². The highest BCUT2D eigenvalue weighted by Crippen LogP contribution is 2.29. The van der Waals surface area contributed by atoms with E-state index in [1.807, 2.05) is 13.0 Å². The average molecular weight is 558 g/mol. The van der Waals surface area contributed by atoms with Gasteiger partial charge >= 0.3 is 0 Å². The molecular weight excluding hydrogens is 532 g/mol. The first kappa shape index (κ1) is 26.4. The van der Waals surface area contributed by atoms with E-state index in [0.717, 1.165) is 5.56 Å². The predicted octanol–water partition coefficient (Wildman–Crippen LogP) is 5.13. The van der Waals surface area contributed by atoms with Crippen LogP contribution in [0.1, 0.15) is 24.5 Å². The van der Waals surface area contributed by atoms with Crippen molar-refractivity contribution in [1.29, 1.82) is 0 Å². The van der Waals surface area contributed by atoms with Crippen LogP contribution in [-0.4, -0.2) is 48.7 Å². The summed E-state index contributed by atoms with van der Waals surface area (Å²) in [6, 6.07) is 12.2. The standard InChI is InChI=1S/C27H26ClF2N5O2S/c1-2-16-10-23(34-24-14-32-27(35-26(16)24)33-20-11-19(29)12-31-13-20)17-7-8-18(22(30)9-17)15-38(36,37)25-6-4-3-5-21(25)28/h3-10,14,19-20,31H,2,11-13,15H2,1H3,(H,32,33,35)/t19-,20-/m0/s1. The Labute approximate surface area is 224 Å². The van der Waals surface area contributed by atoms with Gasteiger partial charge in [0, 0.05) is 36.7 Å². The van der Waals surface area contributed by atoms with E-state index in [4.69, 9.17) is 11.6 Å². The van der Waals surface area contributed by atoms with E-state index in [9.17, 15) is 12.8 Å². The third-order valence-corrected chi connectivity index (χ3v) is 8.66. The van der Waals surface area contributed by atoms with E-state index < -0.39 is 27.6 Å². The molecule has 3 heterocycles. The number of alkyl halides is 1. The van der Waals surface area contributed by atoms with Crippen LogP contribution in [0.2, 0.25) is 5.02 Å². The van der Waals surface area contributed by atoms with Crippen LogP contribution in [0.4, 0.5) is 14.7 Å². The van der Waals surface area contributed by atoms with Gasteiger partial charge in [0.05, 0.1) is 33.1 Å². The van der Waals surface area contributed by atoms with Crippen molar-refractivity contribution in [3.8, 4) is 11.3 Å². The minimum Gasteiger partial charge on any atom is -0.350 e. The van der Waals surface area contributed by atoms with Crippen LogP contribution < -0.4 is 10.6 Å². The molecule has 11 heteroatoms. The molecule has 2 aromatic heterocycles. The minimum atomic E-state index is -3.84. The molecule has 4 aromatic rings. The van der Waals surface area contributed by atoms with Crippen molar-refractivity contribution in [2.24, 2.45) is 0 Å². The summed E-state index contributed by atoms with van der Waals surface area (Å²) in [6.07, 6.45) is 1.71. The Balaban J connectivity index is 1.42. The van der Waals surface area contributed by atoms with Gasteiger partial charge in [-0.2, -0.15) is 0 Å². The highest BCUT2D eigenvalue weighted by molar-refractivity contribution is 7.90. The summed E-state index contributed by atoms with van der Waals surface area (Å²) in [5.41, 5.74) is 3.17. The number of hydrogen-bond acceptors (Lipinski definition) is 7. The van der Waals surface area contributed by atoms with E-state index >= 15 is 4.39 Å². The number of fused-ring (bicyclic) bond motifs is 1. The zero-order chi connectivity index (χ0) is 26.9. The molecule has 1 aliphatic heterocycles. The minimum absolute atomic E-state index is 0.0351. The normalized spacial score (nSPS) is 18.0. The molecule has 2 aromatic carbocycles. The number of aryl methyl sites for hydroxylation is 1. The maximum Gasteiger partial charge on any atom is 0.223 e. The van der Waals surface area contributed by atoms with Crippen molar-refractivity contribution in [1.82, 2.24) is 20.3 Å². The molecule has 0 amide bonds. The van der Waals surface area contributed by atoms with Crippen molar-refractivity contribution in [2.45, 2.75) is 42.6 Å². The Morgan fingerprint density at radius 1 is 1.11 bits per heavy atom. The second-order valence-corrected chi connectivity index (χ2v) is 11.6. The summed E-state index contributed by atoms with van der Waals surface area (Å²) in [7, 11) is -3.84. The first-order valence-corrected chi connectivity index (χ1v) is 14.3. The van der Waals surface area contributed by atoms with E-state index in [0.29, 0.717) is 54.2 Å². The fourth-order valence-electron chi connectivity index (χ4n) is 4.56. The molecule has 2 N–H and O–H groups in total. The van der Waals surface area contributed by atoms with E-state index in [1.165, 1.54) is 24.3 Å². The van der Waals surface area contributed by atoms with Gasteiger partial charge in [-0.15, -0.1) is 0 Å². The molecule has 1 aliphatic rings. The Bertz CT molecular complexity index is 1600. The Kier molecular flexibility index (Phi) is 7.56. The van der Waals surface area contributed by atoms with Crippen LogP contribution in [-0.2, 0) is 22.0 Å². The molecule has 1 fully saturated rings. The molecular formula is C27H26ClF2N5O2S. The lowest BCUT2D eigenvalue weighted by Crippen LogP contribution is -2.44. The molecule has 0 saturated carbocycles. The summed E-state index contributed by atoms with van der Waals surface area (Å²) < 4.78 is 54.5. The van der Waals surface area contributed by atoms with E-state index in [-0.39, 0.29) is 21.5 Å². The van der Waals surface area contributed by atoms with Gasteiger partial charge < -0.3 is 10.6 Å². The van der Waals surface area contributed by atoms with E-state index in [2.05, 4.69) is 25.6 Å². The maximum absolute atomic E-state index is 15.1. The highest BCUT2D eigenvalue weighted by Gasteiger charge is 2.23. The number of aromatic nitrogens is 3. The second-order valence-electron chi connectivity index (χ2n) is 9.28. The molecule has 0 aliphatic carbocycles. The van der Waals surface area contributed by atoms with Crippen molar-refractivity contribution < 1.29 is 17.2 Å². The van der Waals surface area contributed by atoms with Crippen LogP contribution in [0.15, 0.2) is 59.6 Å². The molecule has 0 bridgehead atoms. The number of nitrogens with one attached hydrogen (secondary N) is 2. The van der Waals surface area contributed by atoms with Gasteiger partial charge in [-0.05, 0) is 36.2 Å². The number of halogens is 3. The van der Waals surface area contributed by atoms with Gasteiger partial charge in [0.25, 0.3) is 0 Å². The van der Waals surface area contributed by atoms with Crippen molar-refractivity contribution in [3.05, 3.63) is 76.7 Å². The Morgan fingerprint density at radius 3 is 2.66 bits per heavy atom. The summed E-state index contributed by atoms with van der Waals surface area (Å²) in [5, 5.41) is 6.33. The number of rotatable bonds is 7. The number of nitrogens with zero attached hydrogens (tertiary/aromatic N) is 3. The molecule has 5 rings (SSSR count). The topological polar surface area (TPSA) is 96.9 Å². The molecule has 0 unspecified atom stereocenters. The molecule has 7 nitrogen and oxygen atoms in total. The number of sulfone groups is 1. The second kappa shape index (κ2) is 10.9. The monoisotopic (exact) mass is 557 g/mol. The summed E-state index contributed by atoms with van der Waals surface area (Å²) >= 11 is 6.05. The fraction of sp³-hybridized carbons (Fsp3) is 0.296. The van der Waals surface area contributed by atoms with Crippen LogP contribution >= 0.6 is 11.6 Å². The lowest BCUT2D eigenvalue weighted by Gasteiger charge is -2.26. The zero-order valence-electron chi connectivity index (χ0n) is 20.6. The Morgan fingerprint density at radius 2 is 1.92 bits per heavy atom. The first-order chi connectivity index (χ1) is 18.2. The molecule has 2 atom stereocenters. The quantitative estimate of drug-likeness (QED) is 0.325. The smallest absolute Gasteiger partial charge is 0.223 e. The van der Waals surface area contributed by atoms with Gasteiger partial charge in [-0.1, -0.05) is 42.8 Å². The fourth-order valence-corrected chi connectivity index (χ4v) is 6.50. The van der Waals surface area contributed by atoms with Crippen molar-refractivity contribution in [3.63, 3.8) is 0 Å². The van der Waals surface area contributed by atoms with Crippen LogP contribution in [0.3, 0.4) is 0 Å². The van der Waals surface area contributed by atoms with E-state index in [1.54, 1.807) is 24.4 Å². The van der Waals surface area contributed by atoms with Crippen molar-refractivity contribution >= 4 is 38.4 Å².